The van der Waals surface area contributed by atoms with Crippen molar-refractivity contribution >= 4 is 30.8 Å². The van der Waals surface area contributed by atoms with Gasteiger partial charge in [0.1, 0.15) is 0 Å². The highest BCUT2D eigenvalue weighted by Crippen LogP contribution is 2.33. The summed E-state index contributed by atoms with van der Waals surface area (Å²) >= 11 is 11.2. The van der Waals surface area contributed by atoms with Gasteiger partial charge in [-0.15, -0.1) is 23.2 Å². The van der Waals surface area contributed by atoms with Crippen LogP contribution >= 0.6 is 30.8 Å². The van der Waals surface area contributed by atoms with Crippen molar-refractivity contribution in [3.63, 3.8) is 0 Å². The van der Waals surface area contributed by atoms with Crippen LogP contribution in [0.25, 0.3) is 0 Å². The molecular weight excluding hydrogens is 280 g/mol. The lowest BCUT2D eigenvalue weighted by Crippen LogP contribution is -2.40. The summed E-state index contributed by atoms with van der Waals surface area (Å²) in [6.45, 7) is 1.04. The predicted octanol–water partition coefficient (Wildman–Crippen LogP) is 2.67. The summed E-state index contributed by atoms with van der Waals surface area (Å²) in [5.41, 5.74) is 0. The third-order valence-corrected chi connectivity index (χ3v) is 5.27. The van der Waals surface area contributed by atoms with Gasteiger partial charge in [-0.05, 0) is 12.8 Å². The van der Waals surface area contributed by atoms with Crippen LogP contribution in [0.4, 0.5) is 0 Å². The van der Waals surface area contributed by atoms with Gasteiger partial charge in [0.05, 0.1) is 0 Å². The number of hydrogen-bond donors (Lipinski definition) is 3. The molecule has 0 aliphatic heterocycles. The van der Waals surface area contributed by atoms with E-state index in [0.29, 0.717) is 30.9 Å². The van der Waals surface area contributed by atoms with Gasteiger partial charge in [-0.1, -0.05) is 19.3 Å². The second-order valence-corrected chi connectivity index (χ2v) is 7.13. The van der Waals surface area contributed by atoms with Gasteiger partial charge in [-0.25, -0.2) is 15.3 Å². The Balaban J connectivity index is 2.45. The molecule has 1 aliphatic carbocycles. The maximum absolute atomic E-state index is 12.5. The zero-order valence-electron chi connectivity index (χ0n) is 10.1. The Morgan fingerprint density at radius 2 is 1.53 bits per heavy atom. The van der Waals surface area contributed by atoms with Gasteiger partial charge in [-0.3, -0.25) is 4.57 Å². The molecule has 3 N–H and O–H groups in total. The number of rotatable bonds is 8. The minimum atomic E-state index is -2.74. The molecule has 102 valence electrons. The molecule has 1 saturated carbocycles. The topological polar surface area (TPSA) is 53.2 Å². The number of nitrogens with one attached hydrogen (secondary N) is 3. The molecule has 4 nitrogen and oxygen atoms in total. The molecule has 1 fully saturated rings. The third-order valence-electron chi connectivity index (χ3n) is 2.83. The van der Waals surface area contributed by atoms with E-state index in [1.165, 1.54) is 19.3 Å². The van der Waals surface area contributed by atoms with Crippen molar-refractivity contribution in [2.24, 2.45) is 0 Å². The van der Waals surface area contributed by atoms with Crippen molar-refractivity contribution in [2.75, 3.05) is 24.8 Å². The van der Waals surface area contributed by atoms with E-state index in [9.17, 15) is 4.57 Å². The SMILES string of the molecule is O=P(NCCCl)(NCCCl)NC1CCCCC1. The molecule has 0 amide bonds. The fraction of sp³-hybridized carbons (Fsp3) is 1.00. The minimum Gasteiger partial charge on any atom is -0.271 e. The Hall–Kier alpha value is 0.690. The van der Waals surface area contributed by atoms with Crippen LogP contribution in [0.1, 0.15) is 32.1 Å². The van der Waals surface area contributed by atoms with Gasteiger partial charge < -0.3 is 0 Å². The normalized spacial score (nSPS) is 18.5. The molecule has 0 heterocycles. The van der Waals surface area contributed by atoms with E-state index < -0.39 is 7.59 Å². The van der Waals surface area contributed by atoms with E-state index in [4.69, 9.17) is 23.2 Å². The molecule has 7 heteroatoms. The first-order valence-corrected chi connectivity index (χ1v) is 8.98. The van der Waals surface area contributed by atoms with Gasteiger partial charge in [0.25, 0.3) is 7.59 Å². The average molecular weight is 302 g/mol. The molecule has 0 spiro atoms. The van der Waals surface area contributed by atoms with Crippen LogP contribution < -0.4 is 15.3 Å². The molecule has 0 aromatic carbocycles. The van der Waals surface area contributed by atoms with E-state index in [1.54, 1.807) is 0 Å². The lowest BCUT2D eigenvalue weighted by molar-refractivity contribution is 0.407. The van der Waals surface area contributed by atoms with Crippen LogP contribution in [-0.4, -0.2) is 30.9 Å². The van der Waals surface area contributed by atoms with Gasteiger partial charge in [0.2, 0.25) is 0 Å². The first kappa shape index (κ1) is 15.7. The molecule has 0 bridgehead atoms. The zero-order valence-corrected chi connectivity index (χ0v) is 12.5. The molecule has 1 rings (SSSR count). The van der Waals surface area contributed by atoms with Crippen molar-refractivity contribution in [2.45, 2.75) is 38.1 Å². The van der Waals surface area contributed by atoms with E-state index in [2.05, 4.69) is 15.3 Å². The Bertz CT molecular complexity index is 238. The molecule has 1 aliphatic rings. The molecule has 0 radical (unpaired) electrons. The van der Waals surface area contributed by atoms with Crippen molar-refractivity contribution in [3.8, 4) is 0 Å². The van der Waals surface area contributed by atoms with E-state index in [-0.39, 0.29) is 0 Å². The third kappa shape index (κ3) is 6.42. The second kappa shape index (κ2) is 8.73. The van der Waals surface area contributed by atoms with Crippen molar-refractivity contribution in [1.82, 2.24) is 15.3 Å². The van der Waals surface area contributed by atoms with Crippen LogP contribution in [0.2, 0.25) is 0 Å². The number of hydrogen-bond acceptors (Lipinski definition) is 1. The standard InChI is InChI=1S/C10H22Cl2N3OP/c11-6-8-13-17(16,14-9-7-12)15-10-4-2-1-3-5-10/h10H,1-9H2,(H3,13,14,15,16). The fourth-order valence-electron chi connectivity index (χ4n) is 2.04. The van der Waals surface area contributed by atoms with E-state index in [0.717, 1.165) is 12.8 Å². The minimum absolute atomic E-state index is 0.334. The highest BCUT2D eigenvalue weighted by molar-refractivity contribution is 7.57. The van der Waals surface area contributed by atoms with Crippen LogP contribution in [0, 0.1) is 0 Å². The molecule has 0 aromatic heterocycles. The molecule has 0 saturated heterocycles. The number of alkyl halides is 2. The fourth-order valence-corrected chi connectivity index (χ4v) is 4.41. The quantitative estimate of drug-likeness (QED) is 0.477. The van der Waals surface area contributed by atoms with Crippen LogP contribution in [0.15, 0.2) is 0 Å². The maximum Gasteiger partial charge on any atom is 0.279 e. The highest BCUT2D eigenvalue weighted by Gasteiger charge is 2.25. The average Bonchev–Trinajstić information content (AvgIpc) is 2.35. The smallest absolute Gasteiger partial charge is 0.271 e. The van der Waals surface area contributed by atoms with Crippen LogP contribution in [0.5, 0.6) is 0 Å². The largest absolute Gasteiger partial charge is 0.279 e. The molecule has 0 unspecified atom stereocenters. The molecule has 0 atom stereocenters. The zero-order chi connectivity index (χ0) is 12.6. The second-order valence-electron chi connectivity index (χ2n) is 4.27. The summed E-state index contributed by atoms with van der Waals surface area (Å²) in [7, 11) is -2.74. The van der Waals surface area contributed by atoms with Gasteiger partial charge >= 0.3 is 0 Å². The van der Waals surface area contributed by atoms with Crippen molar-refractivity contribution in [3.05, 3.63) is 0 Å². The summed E-state index contributed by atoms with van der Waals surface area (Å²) in [4.78, 5) is 0. The Morgan fingerprint density at radius 1 is 1.00 bits per heavy atom. The van der Waals surface area contributed by atoms with Crippen LogP contribution in [-0.2, 0) is 4.57 Å². The summed E-state index contributed by atoms with van der Waals surface area (Å²) in [6, 6.07) is 0.334. The van der Waals surface area contributed by atoms with Crippen molar-refractivity contribution < 1.29 is 4.57 Å². The number of halogens is 2. The Labute approximate surface area is 114 Å². The first-order chi connectivity index (χ1) is 8.20. The van der Waals surface area contributed by atoms with Gasteiger partial charge in [-0.2, -0.15) is 0 Å². The lowest BCUT2D eigenvalue weighted by atomic mass is 9.96. The summed E-state index contributed by atoms with van der Waals surface area (Å²) in [6.07, 6.45) is 5.89. The highest BCUT2D eigenvalue weighted by atomic mass is 35.5. The lowest BCUT2D eigenvalue weighted by Gasteiger charge is -2.29. The van der Waals surface area contributed by atoms with Crippen molar-refractivity contribution in [1.29, 1.82) is 0 Å². The first-order valence-electron chi connectivity index (χ1n) is 6.20. The summed E-state index contributed by atoms with van der Waals surface area (Å²) < 4.78 is 12.5. The van der Waals surface area contributed by atoms with Gasteiger partial charge in [0, 0.05) is 30.9 Å². The van der Waals surface area contributed by atoms with Crippen LogP contribution in [0.3, 0.4) is 0 Å². The molecular formula is C10H22Cl2N3OP. The molecule has 0 aromatic rings. The monoisotopic (exact) mass is 301 g/mol. The maximum atomic E-state index is 12.5. The molecule has 17 heavy (non-hydrogen) atoms. The van der Waals surface area contributed by atoms with E-state index >= 15 is 0 Å². The Kier molecular flexibility index (Phi) is 8.09. The Morgan fingerprint density at radius 3 is 2.00 bits per heavy atom. The summed E-state index contributed by atoms with van der Waals surface area (Å²) in [5, 5.41) is 9.16. The predicted molar refractivity (Wildman–Crippen MR) is 75.1 cm³/mol. The van der Waals surface area contributed by atoms with E-state index in [1.807, 2.05) is 0 Å². The van der Waals surface area contributed by atoms with Gasteiger partial charge in [0.15, 0.2) is 0 Å². The summed E-state index contributed by atoms with van der Waals surface area (Å²) in [5.74, 6) is 0.887.